The fourth-order valence-corrected chi connectivity index (χ4v) is 2.30. The second kappa shape index (κ2) is 16.4. The molecule has 0 saturated carbocycles. The summed E-state index contributed by atoms with van der Waals surface area (Å²) < 4.78 is 10.8. The fraction of sp³-hybridized carbons (Fsp3) is 0.632. The second-order valence-corrected chi connectivity index (χ2v) is 5.76. The number of methoxy groups -OCH3 is 1. The van der Waals surface area contributed by atoms with Crippen molar-refractivity contribution in [2.75, 3.05) is 33.9 Å². The Morgan fingerprint density at radius 2 is 1.92 bits per heavy atom. The summed E-state index contributed by atoms with van der Waals surface area (Å²) in [5, 5.41) is 6.70. The summed E-state index contributed by atoms with van der Waals surface area (Å²) in [5.41, 5.74) is 1.17. The van der Waals surface area contributed by atoms with Gasteiger partial charge in [0.15, 0.2) is 5.96 Å². The van der Waals surface area contributed by atoms with Crippen LogP contribution in [0.4, 0.5) is 0 Å². The Bertz CT molecular complexity index is 470. The first-order chi connectivity index (χ1) is 11.8. The Morgan fingerprint density at radius 3 is 2.64 bits per heavy atom. The van der Waals surface area contributed by atoms with E-state index in [2.05, 4.69) is 34.7 Å². The van der Waals surface area contributed by atoms with Crippen LogP contribution in [-0.4, -0.2) is 39.9 Å². The van der Waals surface area contributed by atoms with E-state index >= 15 is 0 Å². The van der Waals surface area contributed by atoms with Gasteiger partial charge < -0.3 is 20.1 Å². The zero-order chi connectivity index (χ0) is 17.5. The molecule has 0 aliphatic rings. The van der Waals surface area contributed by atoms with Gasteiger partial charge in [-0.2, -0.15) is 0 Å². The Balaban J connectivity index is 0.00000576. The predicted molar refractivity (Wildman–Crippen MR) is 116 cm³/mol. The van der Waals surface area contributed by atoms with E-state index in [0.29, 0.717) is 6.61 Å². The molecule has 1 aromatic carbocycles. The minimum Gasteiger partial charge on any atom is -0.493 e. The van der Waals surface area contributed by atoms with E-state index in [9.17, 15) is 0 Å². The fourth-order valence-electron chi connectivity index (χ4n) is 2.30. The molecular formula is C19H34IN3O2. The van der Waals surface area contributed by atoms with E-state index in [4.69, 9.17) is 9.47 Å². The summed E-state index contributed by atoms with van der Waals surface area (Å²) in [5.74, 6) is 1.74. The Hall–Kier alpha value is -1.02. The third kappa shape index (κ3) is 12.0. The van der Waals surface area contributed by atoms with E-state index in [-0.39, 0.29) is 24.0 Å². The first kappa shape index (κ1) is 24.0. The van der Waals surface area contributed by atoms with Crippen molar-refractivity contribution in [3.8, 4) is 5.75 Å². The largest absolute Gasteiger partial charge is 0.493 e. The lowest BCUT2D eigenvalue weighted by Crippen LogP contribution is -2.37. The van der Waals surface area contributed by atoms with Crippen molar-refractivity contribution < 1.29 is 9.47 Å². The van der Waals surface area contributed by atoms with E-state index in [1.54, 1.807) is 14.2 Å². The van der Waals surface area contributed by atoms with Crippen molar-refractivity contribution in [3.05, 3.63) is 29.8 Å². The van der Waals surface area contributed by atoms with Gasteiger partial charge in [-0.15, -0.1) is 24.0 Å². The molecule has 0 amide bonds. The van der Waals surface area contributed by atoms with Crippen molar-refractivity contribution in [2.24, 2.45) is 4.99 Å². The highest BCUT2D eigenvalue weighted by atomic mass is 127. The summed E-state index contributed by atoms with van der Waals surface area (Å²) in [4.78, 5) is 4.26. The maximum atomic E-state index is 5.73. The maximum Gasteiger partial charge on any atom is 0.191 e. The van der Waals surface area contributed by atoms with E-state index in [1.165, 1.54) is 31.2 Å². The SMILES string of the molecule is CCCCCCNC(=NC)NCc1cccc(OCCCOC)c1.I. The highest BCUT2D eigenvalue weighted by molar-refractivity contribution is 14.0. The summed E-state index contributed by atoms with van der Waals surface area (Å²) in [6, 6.07) is 8.15. The van der Waals surface area contributed by atoms with E-state index in [1.807, 2.05) is 12.1 Å². The lowest BCUT2D eigenvalue weighted by atomic mass is 10.2. The number of unbranched alkanes of at least 4 members (excludes halogenated alkanes) is 3. The van der Waals surface area contributed by atoms with Crippen molar-refractivity contribution in [1.82, 2.24) is 10.6 Å². The number of nitrogens with zero attached hydrogens (tertiary/aromatic N) is 1. The van der Waals surface area contributed by atoms with Gasteiger partial charge in [0.25, 0.3) is 0 Å². The van der Waals surface area contributed by atoms with Gasteiger partial charge in [0.05, 0.1) is 6.61 Å². The van der Waals surface area contributed by atoms with Crippen LogP contribution in [0.2, 0.25) is 0 Å². The molecule has 0 spiro atoms. The van der Waals surface area contributed by atoms with Gasteiger partial charge in [-0.1, -0.05) is 38.3 Å². The number of hydrogen-bond donors (Lipinski definition) is 2. The molecule has 0 radical (unpaired) electrons. The summed E-state index contributed by atoms with van der Waals surface area (Å²) in [7, 11) is 3.51. The van der Waals surface area contributed by atoms with Crippen LogP contribution < -0.4 is 15.4 Å². The van der Waals surface area contributed by atoms with Crippen molar-refractivity contribution >= 4 is 29.9 Å². The van der Waals surface area contributed by atoms with Crippen LogP contribution >= 0.6 is 24.0 Å². The van der Waals surface area contributed by atoms with Crippen molar-refractivity contribution in [3.63, 3.8) is 0 Å². The van der Waals surface area contributed by atoms with Crippen molar-refractivity contribution in [2.45, 2.75) is 45.6 Å². The van der Waals surface area contributed by atoms with Gasteiger partial charge in [-0.3, -0.25) is 4.99 Å². The van der Waals surface area contributed by atoms with Crippen LogP contribution in [0.25, 0.3) is 0 Å². The molecule has 0 aliphatic heterocycles. The molecule has 0 aromatic heterocycles. The number of hydrogen-bond acceptors (Lipinski definition) is 3. The van der Waals surface area contributed by atoms with Crippen LogP contribution in [0.5, 0.6) is 5.75 Å². The molecular weight excluding hydrogens is 429 g/mol. The third-order valence-electron chi connectivity index (χ3n) is 3.67. The molecule has 5 nitrogen and oxygen atoms in total. The monoisotopic (exact) mass is 463 g/mol. The van der Waals surface area contributed by atoms with E-state index < -0.39 is 0 Å². The van der Waals surface area contributed by atoms with Crippen LogP contribution in [0, 0.1) is 0 Å². The second-order valence-electron chi connectivity index (χ2n) is 5.76. The van der Waals surface area contributed by atoms with Gasteiger partial charge in [-0.25, -0.2) is 0 Å². The third-order valence-corrected chi connectivity index (χ3v) is 3.67. The van der Waals surface area contributed by atoms with Gasteiger partial charge >= 0.3 is 0 Å². The van der Waals surface area contributed by atoms with Crippen LogP contribution in [0.3, 0.4) is 0 Å². The average molecular weight is 463 g/mol. The highest BCUT2D eigenvalue weighted by Crippen LogP contribution is 2.13. The molecule has 0 fully saturated rings. The number of rotatable bonds is 12. The smallest absolute Gasteiger partial charge is 0.191 e. The average Bonchev–Trinajstić information content (AvgIpc) is 2.61. The highest BCUT2D eigenvalue weighted by Gasteiger charge is 2.00. The minimum absolute atomic E-state index is 0. The molecule has 0 aliphatic carbocycles. The molecule has 0 unspecified atom stereocenters. The number of guanidine groups is 1. The standard InChI is InChI=1S/C19H33N3O2.HI/c1-4-5-6-7-12-21-19(20-2)22-16-17-10-8-11-18(15-17)24-14-9-13-23-3;/h8,10-11,15H,4-7,9,12-14,16H2,1-3H3,(H2,20,21,22);1H. The summed E-state index contributed by atoms with van der Waals surface area (Å²) in [6.45, 7) is 5.31. The maximum absolute atomic E-state index is 5.73. The van der Waals surface area contributed by atoms with Gasteiger partial charge in [0.2, 0.25) is 0 Å². The first-order valence-electron chi connectivity index (χ1n) is 8.95. The number of ether oxygens (including phenoxy) is 2. The van der Waals surface area contributed by atoms with Crippen LogP contribution in [0.15, 0.2) is 29.3 Å². The zero-order valence-electron chi connectivity index (χ0n) is 15.8. The number of aliphatic imine (C=N–C) groups is 1. The number of halogens is 1. The molecule has 0 bridgehead atoms. The quantitative estimate of drug-likeness (QED) is 0.213. The number of benzene rings is 1. The molecule has 25 heavy (non-hydrogen) atoms. The molecule has 144 valence electrons. The van der Waals surface area contributed by atoms with Gasteiger partial charge in [-0.05, 0) is 24.1 Å². The minimum atomic E-state index is 0. The normalized spacial score (nSPS) is 10.9. The van der Waals surface area contributed by atoms with Crippen molar-refractivity contribution in [1.29, 1.82) is 0 Å². The van der Waals surface area contributed by atoms with Crippen LogP contribution in [-0.2, 0) is 11.3 Å². The Labute approximate surface area is 170 Å². The predicted octanol–water partition coefficient (Wildman–Crippen LogP) is 3.97. The molecule has 1 aromatic rings. The number of nitrogens with one attached hydrogen (secondary N) is 2. The summed E-state index contributed by atoms with van der Waals surface area (Å²) in [6.07, 6.45) is 5.90. The zero-order valence-corrected chi connectivity index (χ0v) is 18.2. The molecule has 0 heterocycles. The van der Waals surface area contributed by atoms with Gasteiger partial charge in [0.1, 0.15) is 5.75 Å². The van der Waals surface area contributed by atoms with E-state index in [0.717, 1.165) is 37.8 Å². The molecule has 1 rings (SSSR count). The topological polar surface area (TPSA) is 54.9 Å². The lowest BCUT2D eigenvalue weighted by molar-refractivity contribution is 0.172. The molecule has 0 atom stereocenters. The first-order valence-corrected chi connectivity index (χ1v) is 8.95. The summed E-state index contributed by atoms with van der Waals surface area (Å²) >= 11 is 0. The molecule has 2 N–H and O–H groups in total. The van der Waals surface area contributed by atoms with Crippen LogP contribution in [0.1, 0.15) is 44.6 Å². The van der Waals surface area contributed by atoms with Gasteiger partial charge in [0, 0.05) is 40.3 Å². The molecule has 6 heteroatoms. The molecule has 0 saturated heterocycles. The lowest BCUT2D eigenvalue weighted by Gasteiger charge is -2.13. The Kier molecular flexibility index (Phi) is 15.8. The Morgan fingerprint density at radius 1 is 1.08 bits per heavy atom.